The van der Waals surface area contributed by atoms with Crippen molar-refractivity contribution in [3.63, 3.8) is 0 Å². The molecule has 2 aromatic carbocycles. The van der Waals surface area contributed by atoms with Gasteiger partial charge in [0.25, 0.3) is 5.91 Å². The Morgan fingerprint density at radius 1 is 1.22 bits per heavy atom. The van der Waals surface area contributed by atoms with E-state index in [1.807, 2.05) is 6.07 Å². The Morgan fingerprint density at radius 2 is 1.91 bits per heavy atom. The lowest BCUT2D eigenvalue weighted by Gasteiger charge is -2.20. The molecule has 0 spiro atoms. The van der Waals surface area contributed by atoms with E-state index in [-0.39, 0.29) is 21.2 Å². The Labute approximate surface area is 141 Å². The molecule has 23 heavy (non-hydrogen) atoms. The van der Waals surface area contributed by atoms with Crippen LogP contribution < -0.4 is 4.90 Å². The maximum absolute atomic E-state index is 12.7. The summed E-state index contributed by atoms with van der Waals surface area (Å²) in [5, 5.41) is 19.1. The van der Waals surface area contributed by atoms with Crippen molar-refractivity contribution in [3.8, 4) is 6.07 Å². The smallest absolute Gasteiger partial charge is 0.335 e. The van der Waals surface area contributed by atoms with E-state index < -0.39 is 17.9 Å². The van der Waals surface area contributed by atoms with Crippen LogP contribution >= 0.6 is 23.2 Å². The van der Waals surface area contributed by atoms with Crippen molar-refractivity contribution in [2.24, 2.45) is 0 Å². The minimum absolute atomic E-state index is 0.0140. The van der Waals surface area contributed by atoms with Gasteiger partial charge in [-0.15, -0.1) is 0 Å². The quantitative estimate of drug-likeness (QED) is 0.893. The highest BCUT2D eigenvalue weighted by atomic mass is 35.5. The Hall–Kier alpha value is -2.55. The second-order valence-electron chi connectivity index (χ2n) is 4.88. The number of carbonyl (C=O) groups excluding carboxylic acids is 1. The largest absolute Gasteiger partial charge is 0.478 e. The Bertz CT molecular complexity index is 889. The fourth-order valence-electron chi connectivity index (χ4n) is 2.60. The van der Waals surface area contributed by atoms with Gasteiger partial charge < -0.3 is 5.11 Å². The zero-order valence-corrected chi connectivity index (χ0v) is 13.0. The second-order valence-corrected chi connectivity index (χ2v) is 5.69. The highest BCUT2D eigenvalue weighted by Crippen LogP contribution is 2.43. The first-order valence-corrected chi connectivity index (χ1v) is 7.25. The molecule has 1 aliphatic heterocycles. The van der Waals surface area contributed by atoms with Gasteiger partial charge >= 0.3 is 5.97 Å². The molecule has 0 bridgehead atoms. The monoisotopic (exact) mass is 346 g/mol. The van der Waals surface area contributed by atoms with Crippen LogP contribution in [0.4, 0.5) is 5.69 Å². The number of halogens is 2. The molecular weight excluding hydrogens is 339 g/mol. The van der Waals surface area contributed by atoms with Crippen LogP contribution in [0.15, 0.2) is 36.4 Å². The highest BCUT2D eigenvalue weighted by Gasteiger charge is 2.41. The zero-order chi connectivity index (χ0) is 16.7. The van der Waals surface area contributed by atoms with Crippen molar-refractivity contribution in [3.05, 3.63) is 63.1 Å². The van der Waals surface area contributed by atoms with Crippen LogP contribution in [0.3, 0.4) is 0 Å². The van der Waals surface area contributed by atoms with Gasteiger partial charge in [-0.3, -0.25) is 9.69 Å². The summed E-state index contributed by atoms with van der Waals surface area (Å²) in [6.45, 7) is 0. The maximum Gasteiger partial charge on any atom is 0.335 e. The number of fused-ring (bicyclic) bond motifs is 1. The molecule has 0 aliphatic carbocycles. The number of aromatic carboxylic acids is 1. The highest BCUT2D eigenvalue weighted by molar-refractivity contribution is 6.38. The lowest BCUT2D eigenvalue weighted by molar-refractivity contribution is 0.0696. The van der Waals surface area contributed by atoms with E-state index in [2.05, 4.69) is 0 Å². The van der Waals surface area contributed by atoms with Gasteiger partial charge in [0.2, 0.25) is 0 Å². The molecule has 0 saturated heterocycles. The molecule has 114 valence electrons. The van der Waals surface area contributed by atoms with Crippen LogP contribution in [0.1, 0.15) is 32.3 Å². The normalized spacial score (nSPS) is 16.1. The molecule has 1 aliphatic rings. The van der Waals surface area contributed by atoms with Crippen molar-refractivity contribution in [2.75, 3.05) is 4.90 Å². The molecule has 7 heteroatoms. The number of carbonyl (C=O) groups is 2. The molecule has 1 atom stereocenters. The molecule has 0 fully saturated rings. The van der Waals surface area contributed by atoms with Gasteiger partial charge in [0.05, 0.1) is 22.2 Å². The lowest BCUT2D eigenvalue weighted by Crippen LogP contribution is -2.27. The minimum atomic E-state index is -1.12. The summed E-state index contributed by atoms with van der Waals surface area (Å²) in [7, 11) is 0. The number of hydrogen-bond acceptors (Lipinski definition) is 3. The molecule has 1 N–H and O–H groups in total. The van der Waals surface area contributed by atoms with Crippen LogP contribution in [0.5, 0.6) is 0 Å². The molecule has 0 saturated carbocycles. The average Bonchev–Trinajstić information content (AvgIpc) is 2.85. The summed E-state index contributed by atoms with van der Waals surface area (Å²) >= 11 is 12.2. The van der Waals surface area contributed by atoms with Crippen LogP contribution in [0.2, 0.25) is 10.0 Å². The summed E-state index contributed by atoms with van der Waals surface area (Å²) in [6, 6.07) is 9.88. The van der Waals surface area contributed by atoms with Crippen molar-refractivity contribution in [2.45, 2.75) is 6.04 Å². The lowest BCUT2D eigenvalue weighted by atomic mass is 10.1. The van der Waals surface area contributed by atoms with Gasteiger partial charge in [0, 0.05) is 16.3 Å². The molecule has 3 rings (SSSR count). The topological polar surface area (TPSA) is 81.4 Å². The first-order valence-electron chi connectivity index (χ1n) is 6.50. The van der Waals surface area contributed by atoms with E-state index in [0.717, 1.165) is 0 Å². The maximum atomic E-state index is 12.7. The number of anilines is 1. The summed E-state index contributed by atoms with van der Waals surface area (Å²) in [4.78, 5) is 25.0. The van der Waals surface area contributed by atoms with Gasteiger partial charge in [-0.1, -0.05) is 29.3 Å². The summed E-state index contributed by atoms with van der Waals surface area (Å²) < 4.78 is 0. The van der Waals surface area contributed by atoms with Gasteiger partial charge in [0.1, 0.15) is 0 Å². The standard InChI is InChI=1S/C16H8Cl2N2O3/c17-10-4-5-11(18)14-13(10)12(7-19)20(15(14)21)9-3-1-2-8(6-9)16(22)23/h1-6,12H,(H,22,23). The molecule has 0 radical (unpaired) electrons. The number of amides is 1. The predicted molar refractivity (Wildman–Crippen MR) is 85.0 cm³/mol. The third-order valence-electron chi connectivity index (χ3n) is 3.60. The van der Waals surface area contributed by atoms with E-state index in [1.165, 1.54) is 35.2 Å². The first-order chi connectivity index (χ1) is 11.0. The number of carboxylic acids is 1. The SMILES string of the molecule is N#CC1c2c(Cl)ccc(Cl)c2C(=O)N1c1cccc(C(=O)O)c1. The van der Waals surface area contributed by atoms with Gasteiger partial charge in [-0.2, -0.15) is 5.26 Å². The van der Waals surface area contributed by atoms with Crippen molar-refractivity contribution < 1.29 is 14.7 Å². The van der Waals surface area contributed by atoms with E-state index >= 15 is 0 Å². The number of benzene rings is 2. The molecule has 1 heterocycles. The Balaban J connectivity index is 2.19. The van der Waals surface area contributed by atoms with Crippen LogP contribution in [0.25, 0.3) is 0 Å². The first kappa shape index (κ1) is 15.3. The van der Waals surface area contributed by atoms with Crippen molar-refractivity contribution in [1.29, 1.82) is 5.26 Å². The molecular formula is C16H8Cl2N2O3. The molecule has 2 aromatic rings. The average molecular weight is 347 g/mol. The second kappa shape index (κ2) is 5.58. The Kier molecular flexibility index (Phi) is 3.72. The number of carboxylic acid groups (broad SMARTS) is 1. The third-order valence-corrected chi connectivity index (χ3v) is 4.24. The fourth-order valence-corrected chi connectivity index (χ4v) is 3.10. The summed E-state index contributed by atoms with van der Waals surface area (Å²) in [6.07, 6.45) is 0. The summed E-state index contributed by atoms with van der Waals surface area (Å²) in [5.41, 5.74) is 0.823. The Morgan fingerprint density at radius 3 is 2.57 bits per heavy atom. The van der Waals surface area contributed by atoms with Gasteiger partial charge in [-0.05, 0) is 30.3 Å². The third kappa shape index (κ3) is 2.33. The number of rotatable bonds is 2. The van der Waals surface area contributed by atoms with Crippen LogP contribution in [-0.4, -0.2) is 17.0 Å². The van der Waals surface area contributed by atoms with Crippen molar-refractivity contribution in [1.82, 2.24) is 0 Å². The zero-order valence-electron chi connectivity index (χ0n) is 11.5. The predicted octanol–water partition coefficient (Wildman–Crippen LogP) is 3.92. The number of nitrogens with zero attached hydrogens (tertiary/aromatic N) is 2. The molecule has 5 nitrogen and oxygen atoms in total. The number of hydrogen-bond donors (Lipinski definition) is 1. The van der Waals surface area contributed by atoms with Crippen molar-refractivity contribution >= 4 is 40.8 Å². The fraction of sp³-hybridized carbons (Fsp3) is 0.0625. The van der Waals surface area contributed by atoms with Gasteiger partial charge in [-0.25, -0.2) is 4.79 Å². The molecule has 1 amide bonds. The minimum Gasteiger partial charge on any atom is -0.478 e. The molecule has 0 aromatic heterocycles. The van der Waals surface area contributed by atoms with Crippen LogP contribution in [0, 0.1) is 11.3 Å². The van der Waals surface area contributed by atoms with Gasteiger partial charge in [0.15, 0.2) is 6.04 Å². The van der Waals surface area contributed by atoms with E-state index in [9.17, 15) is 14.9 Å². The van der Waals surface area contributed by atoms with E-state index in [4.69, 9.17) is 28.3 Å². The van der Waals surface area contributed by atoms with E-state index in [1.54, 1.807) is 6.07 Å². The van der Waals surface area contributed by atoms with E-state index in [0.29, 0.717) is 11.3 Å². The van der Waals surface area contributed by atoms with Crippen LogP contribution in [-0.2, 0) is 0 Å². The molecule has 1 unspecified atom stereocenters. The number of nitriles is 1. The summed E-state index contributed by atoms with van der Waals surface area (Å²) in [5.74, 6) is -1.61.